The Bertz CT molecular complexity index is 2390. The fourth-order valence-electron chi connectivity index (χ4n) is 6.71. The molecule has 0 atom stereocenters. The van der Waals surface area contributed by atoms with Crippen LogP contribution in [0.3, 0.4) is 0 Å². The highest BCUT2D eigenvalue weighted by Gasteiger charge is 2.21. The van der Waals surface area contributed by atoms with Crippen LogP contribution in [0.25, 0.3) is 66.1 Å². The molecule has 0 aliphatic heterocycles. The number of hydrogen-bond donors (Lipinski definition) is 0. The molecule has 0 spiro atoms. The minimum atomic E-state index is -1.51. The molecule has 0 radical (unpaired) electrons. The minimum absolute atomic E-state index is 0.655. The molecule has 0 aliphatic rings. The van der Waals surface area contributed by atoms with Gasteiger partial charge < -0.3 is 9.13 Å². The Morgan fingerprint density at radius 1 is 0.477 bits per heavy atom. The smallest absolute Gasteiger partial charge is 0.0991 e. The molecular formula is C40H31N3Si. The standard InChI is InChI=1S/C40H31N3Si/c1-44(2,3)32-19-20-40-36(25-32)35-15-6-9-18-39(35)43(40)31-23-29(28-12-10-11-27(21-28)26-41)22-30(24-31)42-37-16-7-4-13-33(37)34-14-5-8-17-38(34)42/h4-25H,1-3H3. The number of fused-ring (bicyclic) bond motifs is 6. The summed E-state index contributed by atoms with van der Waals surface area (Å²) in [5.74, 6) is 0. The maximum Gasteiger partial charge on any atom is 0.0991 e. The lowest BCUT2D eigenvalue weighted by atomic mass is 10.0. The zero-order chi connectivity index (χ0) is 30.0. The number of aromatic nitrogens is 2. The van der Waals surface area contributed by atoms with Crippen LogP contribution in [0.4, 0.5) is 0 Å². The van der Waals surface area contributed by atoms with E-state index in [0.29, 0.717) is 5.56 Å². The van der Waals surface area contributed by atoms with Crippen LogP contribution < -0.4 is 5.19 Å². The summed E-state index contributed by atoms with van der Waals surface area (Å²) in [6.07, 6.45) is 0. The second kappa shape index (κ2) is 9.84. The molecule has 210 valence electrons. The van der Waals surface area contributed by atoms with Crippen molar-refractivity contribution in [1.82, 2.24) is 9.13 Å². The van der Waals surface area contributed by atoms with Crippen molar-refractivity contribution in [1.29, 1.82) is 5.26 Å². The Morgan fingerprint density at radius 2 is 1.00 bits per heavy atom. The summed E-state index contributed by atoms with van der Waals surface area (Å²) >= 11 is 0. The van der Waals surface area contributed by atoms with Gasteiger partial charge in [0.1, 0.15) is 0 Å². The predicted octanol–water partition coefficient (Wildman–Crippen LogP) is 9.96. The Labute approximate surface area is 257 Å². The second-order valence-corrected chi connectivity index (χ2v) is 17.7. The van der Waals surface area contributed by atoms with Crippen LogP contribution in [0, 0.1) is 11.3 Å². The lowest BCUT2D eigenvalue weighted by Crippen LogP contribution is -2.37. The molecule has 0 amide bonds. The van der Waals surface area contributed by atoms with E-state index in [1.807, 2.05) is 18.2 Å². The summed E-state index contributed by atoms with van der Waals surface area (Å²) < 4.78 is 4.79. The molecule has 0 unspecified atom stereocenters. The first-order valence-corrected chi connectivity index (χ1v) is 18.6. The van der Waals surface area contributed by atoms with Gasteiger partial charge in [-0.25, -0.2) is 0 Å². The van der Waals surface area contributed by atoms with Crippen molar-refractivity contribution in [3.8, 4) is 28.6 Å². The first-order chi connectivity index (χ1) is 21.4. The average molecular weight is 582 g/mol. The predicted molar refractivity (Wildman–Crippen MR) is 188 cm³/mol. The van der Waals surface area contributed by atoms with Crippen LogP contribution in [-0.2, 0) is 0 Å². The molecule has 6 aromatic carbocycles. The van der Waals surface area contributed by atoms with Crippen LogP contribution in [0.1, 0.15) is 5.56 Å². The highest BCUT2D eigenvalue weighted by molar-refractivity contribution is 6.88. The molecule has 0 saturated carbocycles. The zero-order valence-corrected chi connectivity index (χ0v) is 26.0. The maximum atomic E-state index is 9.72. The van der Waals surface area contributed by atoms with E-state index < -0.39 is 8.07 Å². The van der Waals surface area contributed by atoms with Gasteiger partial charge in [-0.3, -0.25) is 0 Å². The molecule has 2 heterocycles. The normalized spacial score (nSPS) is 12.0. The molecule has 4 heteroatoms. The van der Waals surface area contributed by atoms with Crippen molar-refractivity contribution in [3.63, 3.8) is 0 Å². The molecule has 0 aliphatic carbocycles. The van der Waals surface area contributed by atoms with Gasteiger partial charge in [0, 0.05) is 32.9 Å². The van der Waals surface area contributed by atoms with Crippen LogP contribution in [-0.4, -0.2) is 17.2 Å². The monoisotopic (exact) mass is 581 g/mol. The minimum Gasteiger partial charge on any atom is -0.309 e. The van der Waals surface area contributed by atoms with Gasteiger partial charge in [0.25, 0.3) is 0 Å². The number of nitriles is 1. The Hall–Kier alpha value is -5.37. The SMILES string of the molecule is C[Si](C)(C)c1ccc2c(c1)c1ccccc1n2-c1cc(-c2cccc(C#N)c2)cc(-n2c3ccccc3c3ccccc32)c1. The lowest BCUT2D eigenvalue weighted by Gasteiger charge is -2.18. The summed E-state index contributed by atoms with van der Waals surface area (Å²) in [4.78, 5) is 0. The third kappa shape index (κ3) is 4.09. The Balaban J connectivity index is 1.49. The largest absolute Gasteiger partial charge is 0.309 e. The maximum absolute atomic E-state index is 9.72. The van der Waals surface area contributed by atoms with E-state index >= 15 is 0 Å². The molecule has 3 nitrogen and oxygen atoms in total. The van der Waals surface area contributed by atoms with Gasteiger partial charge in [0.2, 0.25) is 0 Å². The molecule has 0 bridgehead atoms. The van der Waals surface area contributed by atoms with Crippen LogP contribution >= 0.6 is 0 Å². The summed E-state index contributed by atoms with van der Waals surface area (Å²) in [7, 11) is -1.51. The van der Waals surface area contributed by atoms with Crippen molar-refractivity contribution in [3.05, 3.63) is 139 Å². The van der Waals surface area contributed by atoms with Gasteiger partial charge in [-0.05, 0) is 65.7 Å². The van der Waals surface area contributed by atoms with Crippen LogP contribution in [0.15, 0.2) is 133 Å². The van der Waals surface area contributed by atoms with Gasteiger partial charge in [-0.1, -0.05) is 104 Å². The lowest BCUT2D eigenvalue weighted by molar-refractivity contribution is 1.13. The molecule has 0 saturated heterocycles. The van der Waals surface area contributed by atoms with E-state index in [1.165, 1.54) is 48.8 Å². The summed E-state index contributed by atoms with van der Waals surface area (Å²) in [6, 6.07) is 50.2. The third-order valence-electron chi connectivity index (χ3n) is 8.86. The van der Waals surface area contributed by atoms with Gasteiger partial charge in [-0.15, -0.1) is 0 Å². The fourth-order valence-corrected chi connectivity index (χ4v) is 7.87. The first-order valence-electron chi connectivity index (χ1n) is 15.1. The second-order valence-electron chi connectivity index (χ2n) is 12.6. The number of hydrogen-bond acceptors (Lipinski definition) is 1. The summed E-state index contributed by atoms with van der Waals surface area (Å²) in [6.45, 7) is 7.22. The van der Waals surface area contributed by atoms with Gasteiger partial charge in [-0.2, -0.15) is 5.26 Å². The summed E-state index contributed by atoms with van der Waals surface area (Å²) in [5, 5.41) is 16.2. The van der Waals surface area contributed by atoms with E-state index in [1.54, 1.807) is 0 Å². The molecule has 0 N–H and O–H groups in total. The zero-order valence-electron chi connectivity index (χ0n) is 25.0. The highest BCUT2D eigenvalue weighted by Crippen LogP contribution is 2.37. The van der Waals surface area contributed by atoms with E-state index in [2.05, 4.69) is 150 Å². The van der Waals surface area contributed by atoms with Crippen LogP contribution in [0.5, 0.6) is 0 Å². The van der Waals surface area contributed by atoms with Crippen LogP contribution in [0.2, 0.25) is 19.6 Å². The number of benzene rings is 6. The highest BCUT2D eigenvalue weighted by atomic mass is 28.3. The average Bonchev–Trinajstić information content (AvgIpc) is 3.57. The van der Waals surface area contributed by atoms with Crippen molar-refractivity contribution in [2.24, 2.45) is 0 Å². The number of para-hydroxylation sites is 3. The molecule has 44 heavy (non-hydrogen) atoms. The molecular weight excluding hydrogens is 551 g/mol. The molecule has 2 aromatic heterocycles. The van der Waals surface area contributed by atoms with Gasteiger partial charge in [0.05, 0.1) is 41.8 Å². The van der Waals surface area contributed by atoms with Crippen molar-refractivity contribution in [2.45, 2.75) is 19.6 Å². The van der Waals surface area contributed by atoms with Gasteiger partial charge in [0.15, 0.2) is 0 Å². The van der Waals surface area contributed by atoms with E-state index in [9.17, 15) is 5.26 Å². The first kappa shape index (κ1) is 26.3. The topological polar surface area (TPSA) is 33.6 Å². The Kier molecular flexibility index (Phi) is 5.87. The van der Waals surface area contributed by atoms with Crippen molar-refractivity contribution in [2.75, 3.05) is 0 Å². The number of nitrogens with zero attached hydrogens (tertiary/aromatic N) is 3. The quantitative estimate of drug-likeness (QED) is 0.190. The fraction of sp³-hybridized carbons (Fsp3) is 0.0750. The number of rotatable bonds is 4. The van der Waals surface area contributed by atoms with E-state index in [0.717, 1.165) is 22.5 Å². The van der Waals surface area contributed by atoms with Crippen molar-refractivity contribution >= 4 is 56.9 Å². The molecule has 8 aromatic rings. The van der Waals surface area contributed by atoms with E-state index in [-0.39, 0.29) is 0 Å². The summed E-state index contributed by atoms with van der Waals surface area (Å²) in [5.41, 5.74) is 9.65. The van der Waals surface area contributed by atoms with Gasteiger partial charge >= 0.3 is 0 Å². The molecule has 0 fully saturated rings. The van der Waals surface area contributed by atoms with Crippen molar-refractivity contribution < 1.29 is 0 Å². The van der Waals surface area contributed by atoms with E-state index in [4.69, 9.17) is 0 Å². The molecule has 8 rings (SSSR count). The third-order valence-corrected chi connectivity index (χ3v) is 10.9. The Morgan fingerprint density at radius 3 is 1.55 bits per heavy atom.